The van der Waals surface area contributed by atoms with Crippen molar-refractivity contribution in [2.75, 3.05) is 18.4 Å². The number of nitrogens with zero attached hydrogens (tertiary/aromatic N) is 2. The molecule has 0 aromatic heterocycles. The highest BCUT2D eigenvalue weighted by molar-refractivity contribution is 5.65. The van der Waals surface area contributed by atoms with Crippen LogP contribution in [0.5, 0.6) is 0 Å². The van der Waals surface area contributed by atoms with E-state index >= 15 is 0 Å². The van der Waals surface area contributed by atoms with Crippen molar-refractivity contribution in [1.29, 1.82) is 0 Å². The Morgan fingerprint density at radius 3 is 2.40 bits per heavy atom. The van der Waals surface area contributed by atoms with Gasteiger partial charge in [-0.1, -0.05) is 0 Å². The minimum atomic E-state index is -0.679. The number of amides is 1. The van der Waals surface area contributed by atoms with Crippen molar-refractivity contribution in [2.45, 2.75) is 12.8 Å². The summed E-state index contributed by atoms with van der Waals surface area (Å²) in [5, 5.41) is 26.8. The van der Waals surface area contributed by atoms with Crippen LogP contribution in [-0.2, 0) is 4.79 Å². The minimum absolute atomic E-state index is 0.240. The maximum Gasteiger partial charge on any atom is 0.299 e. The van der Waals surface area contributed by atoms with Crippen molar-refractivity contribution in [1.82, 2.24) is 5.32 Å². The Morgan fingerprint density at radius 2 is 1.80 bits per heavy atom. The SMILES string of the molecule is O=CNCCCCNc1ccc([N+](=O)[O-])cc1[N+](=O)[O-]. The molecule has 9 nitrogen and oxygen atoms in total. The molecule has 0 saturated heterocycles. The highest BCUT2D eigenvalue weighted by Crippen LogP contribution is 2.28. The zero-order valence-corrected chi connectivity index (χ0v) is 10.6. The first-order chi connectivity index (χ1) is 9.56. The smallest absolute Gasteiger partial charge is 0.299 e. The Kier molecular flexibility index (Phi) is 5.88. The largest absolute Gasteiger partial charge is 0.379 e. The molecule has 108 valence electrons. The molecule has 0 unspecified atom stereocenters. The summed E-state index contributed by atoms with van der Waals surface area (Å²) in [5.74, 6) is 0. The number of benzene rings is 1. The Balaban J connectivity index is 2.62. The fraction of sp³-hybridized carbons (Fsp3) is 0.364. The number of hydrogen-bond acceptors (Lipinski definition) is 6. The molecule has 0 aliphatic heterocycles. The third kappa shape index (κ3) is 4.52. The summed E-state index contributed by atoms with van der Waals surface area (Å²) in [6.45, 7) is 1.01. The van der Waals surface area contributed by atoms with Gasteiger partial charge in [0.15, 0.2) is 0 Å². The van der Waals surface area contributed by atoms with Crippen molar-refractivity contribution in [2.24, 2.45) is 0 Å². The Labute approximate surface area is 114 Å². The molecule has 1 aromatic rings. The molecule has 1 amide bonds. The molecule has 0 radical (unpaired) electrons. The van der Waals surface area contributed by atoms with Crippen molar-refractivity contribution in [3.05, 3.63) is 38.4 Å². The number of nitro benzene ring substituents is 2. The van der Waals surface area contributed by atoms with E-state index in [1.807, 2.05) is 0 Å². The van der Waals surface area contributed by atoms with Crippen LogP contribution in [0.3, 0.4) is 0 Å². The molecule has 9 heteroatoms. The molecule has 0 aliphatic rings. The molecule has 20 heavy (non-hydrogen) atoms. The van der Waals surface area contributed by atoms with Crippen LogP contribution in [0.1, 0.15) is 12.8 Å². The van der Waals surface area contributed by atoms with E-state index in [4.69, 9.17) is 0 Å². The fourth-order valence-electron chi connectivity index (χ4n) is 1.57. The first kappa shape index (κ1) is 15.3. The summed E-state index contributed by atoms with van der Waals surface area (Å²) in [6.07, 6.45) is 2.04. The van der Waals surface area contributed by atoms with Crippen LogP contribution >= 0.6 is 0 Å². The second-order valence-electron chi connectivity index (χ2n) is 3.92. The maximum atomic E-state index is 10.9. The van der Waals surface area contributed by atoms with Gasteiger partial charge in [-0.3, -0.25) is 25.0 Å². The number of carbonyl (C=O) groups is 1. The van der Waals surface area contributed by atoms with Gasteiger partial charge in [-0.15, -0.1) is 0 Å². The van der Waals surface area contributed by atoms with E-state index in [1.54, 1.807) is 0 Å². The minimum Gasteiger partial charge on any atom is -0.379 e. The summed E-state index contributed by atoms with van der Waals surface area (Å²) < 4.78 is 0. The highest BCUT2D eigenvalue weighted by Gasteiger charge is 2.18. The quantitative estimate of drug-likeness (QED) is 0.305. The van der Waals surface area contributed by atoms with Crippen molar-refractivity contribution in [3.63, 3.8) is 0 Å². The van der Waals surface area contributed by atoms with Gasteiger partial charge in [-0.25, -0.2) is 0 Å². The monoisotopic (exact) mass is 282 g/mol. The molecule has 0 heterocycles. The van der Waals surface area contributed by atoms with Crippen molar-refractivity contribution < 1.29 is 14.6 Å². The van der Waals surface area contributed by atoms with Gasteiger partial charge in [0.2, 0.25) is 6.41 Å². The van der Waals surface area contributed by atoms with Crippen LogP contribution in [0.15, 0.2) is 18.2 Å². The van der Waals surface area contributed by atoms with Crippen LogP contribution in [-0.4, -0.2) is 29.3 Å². The molecule has 0 saturated carbocycles. The molecule has 1 aromatic carbocycles. The molecule has 1 rings (SSSR count). The number of carbonyl (C=O) groups excluding carboxylic acids is 1. The fourth-order valence-corrected chi connectivity index (χ4v) is 1.57. The first-order valence-corrected chi connectivity index (χ1v) is 5.90. The lowest BCUT2D eigenvalue weighted by atomic mass is 10.2. The van der Waals surface area contributed by atoms with E-state index in [2.05, 4.69) is 10.6 Å². The van der Waals surface area contributed by atoms with Gasteiger partial charge in [0.1, 0.15) is 5.69 Å². The Morgan fingerprint density at radius 1 is 1.10 bits per heavy atom. The van der Waals surface area contributed by atoms with E-state index < -0.39 is 9.85 Å². The topological polar surface area (TPSA) is 127 Å². The second kappa shape index (κ2) is 7.67. The summed E-state index contributed by atoms with van der Waals surface area (Å²) in [7, 11) is 0. The van der Waals surface area contributed by atoms with E-state index in [0.29, 0.717) is 25.9 Å². The van der Waals surface area contributed by atoms with Gasteiger partial charge in [-0.2, -0.15) is 0 Å². The summed E-state index contributed by atoms with van der Waals surface area (Å²) >= 11 is 0. The average molecular weight is 282 g/mol. The number of nitrogens with one attached hydrogen (secondary N) is 2. The lowest BCUT2D eigenvalue weighted by molar-refractivity contribution is -0.393. The maximum absolute atomic E-state index is 10.9. The first-order valence-electron chi connectivity index (χ1n) is 5.90. The number of anilines is 1. The van der Waals surface area contributed by atoms with Gasteiger partial charge in [0, 0.05) is 19.2 Å². The van der Waals surface area contributed by atoms with Crippen LogP contribution in [0.4, 0.5) is 17.1 Å². The van der Waals surface area contributed by atoms with Crippen molar-refractivity contribution in [3.8, 4) is 0 Å². The Bertz CT molecular complexity index is 506. The lowest BCUT2D eigenvalue weighted by Crippen LogP contribution is -2.13. The van der Waals surface area contributed by atoms with Crippen molar-refractivity contribution >= 4 is 23.5 Å². The van der Waals surface area contributed by atoms with E-state index in [-0.39, 0.29) is 17.1 Å². The van der Waals surface area contributed by atoms with Gasteiger partial charge in [0.25, 0.3) is 11.4 Å². The molecule has 2 N–H and O–H groups in total. The molecule has 0 atom stereocenters. The predicted molar refractivity (Wildman–Crippen MR) is 71.5 cm³/mol. The number of non-ortho nitro benzene ring substituents is 1. The Hall–Kier alpha value is -2.71. The normalized spacial score (nSPS) is 9.80. The number of rotatable bonds is 9. The average Bonchev–Trinajstić information content (AvgIpc) is 2.42. The van der Waals surface area contributed by atoms with Gasteiger partial charge >= 0.3 is 0 Å². The predicted octanol–water partition coefficient (Wildman–Crippen LogP) is 1.44. The van der Waals surface area contributed by atoms with E-state index in [1.165, 1.54) is 12.1 Å². The summed E-state index contributed by atoms with van der Waals surface area (Å²) in [5.41, 5.74) is -0.411. The number of nitro groups is 2. The van der Waals surface area contributed by atoms with Crippen LogP contribution in [0.25, 0.3) is 0 Å². The van der Waals surface area contributed by atoms with Gasteiger partial charge < -0.3 is 10.6 Å². The number of unbranched alkanes of at least 4 members (excludes halogenated alkanes) is 1. The summed E-state index contributed by atoms with van der Waals surface area (Å²) in [4.78, 5) is 30.1. The molecule has 0 aliphatic carbocycles. The third-order valence-corrected chi connectivity index (χ3v) is 2.54. The van der Waals surface area contributed by atoms with Gasteiger partial charge in [0.05, 0.1) is 15.9 Å². The van der Waals surface area contributed by atoms with E-state index in [0.717, 1.165) is 12.5 Å². The number of hydrogen-bond donors (Lipinski definition) is 2. The van der Waals surface area contributed by atoms with Crippen LogP contribution in [0, 0.1) is 20.2 Å². The zero-order chi connectivity index (χ0) is 15.0. The molecule has 0 fully saturated rings. The second-order valence-corrected chi connectivity index (χ2v) is 3.92. The molecule has 0 bridgehead atoms. The molecular weight excluding hydrogens is 268 g/mol. The standard InChI is InChI=1S/C11H14N4O5/c16-8-12-5-1-2-6-13-10-4-3-9(14(17)18)7-11(10)15(19)20/h3-4,7-8,13H,1-2,5-6H2,(H,12,16). The lowest BCUT2D eigenvalue weighted by Gasteiger charge is -2.06. The van der Waals surface area contributed by atoms with Crippen LogP contribution in [0.2, 0.25) is 0 Å². The molecule has 0 spiro atoms. The summed E-state index contributed by atoms with van der Waals surface area (Å²) in [6, 6.07) is 3.46. The van der Waals surface area contributed by atoms with E-state index in [9.17, 15) is 25.0 Å². The van der Waals surface area contributed by atoms with Crippen LogP contribution < -0.4 is 10.6 Å². The molecular formula is C11H14N4O5. The third-order valence-electron chi connectivity index (χ3n) is 2.54. The van der Waals surface area contributed by atoms with Gasteiger partial charge in [-0.05, 0) is 18.9 Å². The zero-order valence-electron chi connectivity index (χ0n) is 10.6. The highest BCUT2D eigenvalue weighted by atomic mass is 16.6.